The Kier molecular flexibility index (Phi) is 5.51. The van der Waals surface area contributed by atoms with Crippen LogP contribution in [0.3, 0.4) is 0 Å². The van der Waals surface area contributed by atoms with Crippen LogP contribution in [0.1, 0.15) is 25.0 Å². The molecule has 1 aromatic heterocycles. The molecule has 0 fully saturated rings. The summed E-state index contributed by atoms with van der Waals surface area (Å²) in [6, 6.07) is 14.6. The van der Waals surface area contributed by atoms with Crippen molar-refractivity contribution < 1.29 is 21.6 Å². The summed E-state index contributed by atoms with van der Waals surface area (Å²) >= 11 is 0. The van der Waals surface area contributed by atoms with E-state index < -0.39 is 32.2 Å². The predicted molar refractivity (Wildman–Crippen MR) is 104 cm³/mol. The molecule has 0 saturated heterocycles. The molecule has 0 spiro atoms. The quantitative estimate of drug-likeness (QED) is 0.633. The summed E-state index contributed by atoms with van der Waals surface area (Å²) in [4.78, 5) is 3.54. The van der Waals surface area contributed by atoms with Crippen molar-refractivity contribution in [2.75, 3.05) is 0 Å². The van der Waals surface area contributed by atoms with Crippen molar-refractivity contribution >= 4 is 10.0 Å². The number of nitrogens with zero attached hydrogens (tertiary/aromatic N) is 1. The average Bonchev–Trinajstić information content (AvgIpc) is 2.67. The van der Waals surface area contributed by atoms with Gasteiger partial charge in [0.25, 0.3) is 0 Å². The monoisotopic (exact) mass is 420 g/mol. The van der Waals surface area contributed by atoms with Gasteiger partial charge in [0, 0.05) is 12.4 Å². The zero-order chi connectivity index (χ0) is 21.3. The van der Waals surface area contributed by atoms with E-state index in [1.807, 2.05) is 24.3 Å². The number of hydrogen-bond acceptors (Lipinski definition) is 3. The van der Waals surface area contributed by atoms with Crippen LogP contribution < -0.4 is 4.72 Å². The molecule has 1 heterocycles. The van der Waals surface area contributed by atoms with Crippen molar-refractivity contribution in [1.29, 1.82) is 0 Å². The number of sulfonamides is 1. The highest BCUT2D eigenvalue weighted by Crippen LogP contribution is 2.32. The third-order valence-corrected chi connectivity index (χ3v) is 6.11. The largest absolute Gasteiger partial charge is 0.416 e. The number of alkyl halides is 3. The number of benzene rings is 2. The molecular weight excluding hydrogens is 401 g/mol. The number of aromatic nitrogens is 1. The molecule has 8 heteroatoms. The molecule has 3 rings (SSSR count). The van der Waals surface area contributed by atoms with Crippen LogP contribution in [0.2, 0.25) is 0 Å². The van der Waals surface area contributed by atoms with Gasteiger partial charge in [0.05, 0.1) is 16.0 Å². The second-order valence-electron chi connectivity index (χ2n) is 7.07. The van der Waals surface area contributed by atoms with Gasteiger partial charge in [-0.2, -0.15) is 13.2 Å². The third-order valence-electron chi connectivity index (χ3n) is 4.46. The Bertz CT molecular complexity index is 1110. The minimum absolute atomic E-state index is 0.439. The molecule has 29 heavy (non-hydrogen) atoms. The second kappa shape index (κ2) is 7.61. The average molecular weight is 420 g/mol. The fourth-order valence-corrected chi connectivity index (χ4v) is 4.37. The van der Waals surface area contributed by atoms with Crippen LogP contribution in [0.25, 0.3) is 11.1 Å². The van der Waals surface area contributed by atoms with E-state index in [1.54, 1.807) is 38.4 Å². The lowest BCUT2D eigenvalue weighted by Crippen LogP contribution is -2.41. The van der Waals surface area contributed by atoms with Crippen LogP contribution in [-0.4, -0.2) is 13.4 Å². The molecule has 0 unspecified atom stereocenters. The Morgan fingerprint density at radius 1 is 0.828 bits per heavy atom. The van der Waals surface area contributed by atoms with E-state index in [0.717, 1.165) is 29.3 Å². The molecule has 152 valence electrons. The van der Waals surface area contributed by atoms with Crippen LogP contribution in [0.5, 0.6) is 0 Å². The number of halogens is 3. The van der Waals surface area contributed by atoms with E-state index in [-0.39, 0.29) is 0 Å². The highest BCUT2D eigenvalue weighted by atomic mass is 32.2. The second-order valence-corrected chi connectivity index (χ2v) is 8.76. The number of hydrogen-bond donors (Lipinski definition) is 1. The summed E-state index contributed by atoms with van der Waals surface area (Å²) in [5.74, 6) is 0. The SMILES string of the molecule is CC(C)(NS(=O)(=O)c1cccc(C(F)(F)F)c1)c1cccc(-c2ccncc2)c1. The van der Waals surface area contributed by atoms with Crippen LogP contribution in [-0.2, 0) is 21.7 Å². The van der Waals surface area contributed by atoms with Gasteiger partial charge in [0.2, 0.25) is 10.0 Å². The van der Waals surface area contributed by atoms with E-state index in [9.17, 15) is 21.6 Å². The van der Waals surface area contributed by atoms with E-state index in [2.05, 4.69) is 9.71 Å². The fourth-order valence-electron chi connectivity index (χ4n) is 2.93. The first-order valence-corrected chi connectivity index (χ1v) is 10.2. The van der Waals surface area contributed by atoms with Crippen molar-refractivity contribution in [3.05, 3.63) is 84.2 Å². The van der Waals surface area contributed by atoms with Crippen molar-refractivity contribution in [2.24, 2.45) is 0 Å². The standard InChI is InChI=1S/C21H19F3N2O2S/c1-20(2,17-6-3-5-16(13-17)15-9-11-25-12-10-15)26-29(27,28)19-8-4-7-18(14-19)21(22,23)24/h3-14,26H,1-2H3. The number of nitrogens with one attached hydrogen (secondary N) is 1. The molecular formula is C21H19F3N2O2S. The summed E-state index contributed by atoms with van der Waals surface area (Å²) < 4.78 is 66.9. The molecule has 0 atom stereocenters. The minimum Gasteiger partial charge on any atom is -0.265 e. The maximum Gasteiger partial charge on any atom is 0.416 e. The van der Waals surface area contributed by atoms with Crippen LogP contribution in [0, 0.1) is 0 Å². The van der Waals surface area contributed by atoms with Gasteiger partial charge < -0.3 is 0 Å². The lowest BCUT2D eigenvalue weighted by molar-refractivity contribution is -0.137. The Labute approximate surface area is 167 Å². The van der Waals surface area contributed by atoms with E-state index in [0.29, 0.717) is 11.6 Å². The van der Waals surface area contributed by atoms with Gasteiger partial charge in [0.15, 0.2) is 0 Å². The fraction of sp³-hybridized carbons (Fsp3) is 0.190. The summed E-state index contributed by atoms with van der Waals surface area (Å²) in [7, 11) is -4.19. The molecule has 0 aliphatic carbocycles. The van der Waals surface area contributed by atoms with Crippen LogP contribution in [0.15, 0.2) is 78.0 Å². The van der Waals surface area contributed by atoms with Gasteiger partial charge in [-0.3, -0.25) is 4.98 Å². The Morgan fingerprint density at radius 3 is 2.10 bits per heavy atom. The van der Waals surface area contributed by atoms with Crippen LogP contribution in [0.4, 0.5) is 13.2 Å². The van der Waals surface area contributed by atoms with E-state index in [4.69, 9.17) is 0 Å². The Morgan fingerprint density at radius 2 is 1.45 bits per heavy atom. The van der Waals surface area contributed by atoms with Gasteiger partial charge >= 0.3 is 6.18 Å². The maximum atomic E-state index is 12.9. The first-order chi connectivity index (χ1) is 13.5. The maximum absolute atomic E-state index is 12.9. The highest BCUT2D eigenvalue weighted by molar-refractivity contribution is 7.89. The Balaban J connectivity index is 1.93. The first kappa shape index (κ1) is 21.0. The summed E-state index contributed by atoms with van der Waals surface area (Å²) in [5, 5.41) is 0. The molecule has 4 nitrogen and oxygen atoms in total. The minimum atomic E-state index is -4.63. The van der Waals surface area contributed by atoms with Crippen LogP contribution >= 0.6 is 0 Å². The molecule has 0 radical (unpaired) electrons. The van der Waals surface area contributed by atoms with E-state index >= 15 is 0 Å². The lowest BCUT2D eigenvalue weighted by Gasteiger charge is -2.27. The predicted octanol–water partition coefficient (Wildman–Crippen LogP) is 4.98. The van der Waals surface area contributed by atoms with E-state index in [1.165, 1.54) is 0 Å². The lowest BCUT2D eigenvalue weighted by atomic mass is 9.92. The van der Waals surface area contributed by atoms with Gasteiger partial charge in [-0.15, -0.1) is 0 Å². The molecule has 3 aromatic rings. The number of rotatable bonds is 5. The highest BCUT2D eigenvalue weighted by Gasteiger charge is 2.33. The molecule has 0 aliphatic heterocycles. The molecule has 2 aromatic carbocycles. The van der Waals surface area contributed by atoms with Crippen molar-refractivity contribution in [2.45, 2.75) is 30.5 Å². The summed E-state index contributed by atoms with van der Waals surface area (Å²) in [6.45, 7) is 3.31. The van der Waals surface area contributed by atoms with Crippen molar-refractivity contribution in [3.63, 3.8) is 0 Å². The zero-order valence-corrected chi connectivity index (χ0v) is 16.6. The first-order valence-electron chi connectivity index (χ1n) is 8.71. The molecule has 0 bridgehead atoms. The normalized spacial score (nSPS) is 12.7. The summed E-state index contributed by atoms with van der Waals surface area (Å²) in [6.07, 6.45) is -1.31. The van der Waals surface area contributed by atoms with Gasteiger partial charge in [-0.05, 0) is 66.9 Å². The topological polar surface area (TPSA) is 59.1 Å². The summed E-state index contributed by atoms with van der Waals surface area (Å²) in [5.41, 5.74) is 0.380. The molecule has 0 saturated carbocycles. The molecule has 0 amide bonds. The number of pyridine rings is 1. The smallest absolute Gasteiger partial charge is 0.265 e. The molecule has 1 N–H and O–H groups in total. The van der Waals surface area contributed by atoms with Crippen molar-refractivity contribution in [3.8, 4) is 11.1 Å². The van der Waals surface area contributed by atoms with Gasteiger partial charge in [0.1, 0.15) is 0 Å². The van der Waals surface area contributed by atoms with Gasteiger partial charge in [-0.25, -0.2) is 13.1 Å². The molecule has 0 aliphatic rings. The third kappa shape index (κ3) is 4.83. The Hall–Kier alpha value is -2.71. The van der Waals surface area contributed by atoms with Gasteiger partial charge in [-0.1, -0.05) is 24.3 Å². The zero-order valence-electron chi connectivity index (χ0n) is 15.7. The van der Waals surface area contributed by atoms with Crippen molar-refractivity contribution in [1.82, 2.24) is 9.71 Å².